The highest BCUT2D eigenvalue weighted by molar-refractivity contribution is 5.40. The van der Waals surface area contributed by atoms with Gasteiger partial charge in [0.1, 0.15) is 5.82 Å². The summed E-state index contributed by atoms with van der Waals surface area (Å²) in [6, 6.07) is 5.03. The summed E-state index contributed by atoms with van der Waals surface area (Å²) in [5.41, 5.74) is 0.869. The number of aromatic nitrogens is 1. The quantitative estimate of drug-likeness (QED) is 0.865. The molecular formula is C14H23N3O. The predicted molar refractivity (Wildman–Crippen MR) is 73.8 cm³/mol. The van der Waals surface area contributed by atoms with Crippen molar-refractivity contribution >= 4 is 5.82 Å². The molecule has 18 heavy (non-hydrogen) atoms. The fraction of sp³-hybridized carbons (Fsp3) is 0.643. The largest absolute Gasteiger partial charge is 0.389 e. The highest BCUT2D eigenvalue weighted by atomic mass is 16.3. The van der Waals surface area contributed by atoms with Crippen molar-refractivity contribution in [1.82, 2.24) is 9.88 Å². The van der Waals surface area contributed by atoms with Gasteiger partial charge in [-0.25, -0.2) is 4.98 Å². The smallest absolute Gasteiger partial charge is 0.128 e. The molecule has 100 valence electrons. The van der Waals surface area contributed by atoms with E-state index in [0.717, 1.165) is 24.5 Å². The maximum Gasteiger partial charge on any atom is 0.128 e. The Morgan fingerprint density at radius 3 is 2.33 bits per heavy atom. The van der Waals surface area contributed by atoms with Crippen molar-refractivity contribution in [3.8, 4) is 0 Å². The third-order valence-electron chi connectivity index (χ3n) is 3.94. The second-order valence-corrected chi connectivity index (χ2v) is 5.39. The first kappa shape index (κ1) is 13.3. The predicted octanol–water partition coefficient (Wildman–Crippen LogP) is 1.66. The number of nitrogens with zero attached hydrogens (tertiary/aromatic N) is 3. The van der Waals surface area contributed by atoms with Gasteiger partial charge in [0.25, 0.3) is 0 Å². The lowest BCUT2D eigenvalue weighted by atomic mass is 10.1. The number of aliphatic hydroxyl groups excluding tert-OH is 1. The van der Waals surface area contributed by atoms with Gasteiger partial charge in [-0.15, -0.1) is 0 Å². The van der Waals surface area contributed by atoms with Crippen LogP contribution < -0.4 is 4.90 Å². The van der Waals surface area contributed by atoms with Crippen molar-refractivity contribution in [2.45, 2.75) is 39.0 Å². The van der Waals surface area contributed by atoms with Gasteiger partial charge in [0, 0.05) is 31.4 Å². The summed E-state index contributed by atoms with van der Waals surface area (Å²) in [6.45, 7) is 8.25. The Labute approximate surface area is 109 Å². The topological polar surface area (TPSA) is 39.6 Å². The van der Waals surface area contributed by atoms with Crippen LogP contribution in [0.4, 0.5) is 5.82 Å². The molecule has 4 nitrogen and oxygen atoms in total. The molecule has 4 heteroatoms. The summed E-state index contributed by atoms with van der Waals surface area (Å²) >= 11 is 0. The van der Waals surface area contributed by atoms with E-state index in [1.54, 1.807) is 13.1 Å². The lowest BCUT2D eigenvalue weighted by Crippen LogP contribution is -2.55. The van der Waals surface area contributed by atoms with Crippen LogP contribution in [0.15, 0.2) is 18.3 Å². The molecule has 1 aliphatic heterocycles. The number of anilines is 1. The minimum Gasteiger partial charge on any atom is -0.389 e. The zero-order chi connectivity index (χ0) is 13.3. The Morgan fingerprint density at radius 2 is 1.89 bits per heavy atom. The van der Waals surface area contributed by atoms with Crippen molar-refractivity contribution in [2.24, 2.45) is 0 Å². The van der Waals surface area contributed by atoms with E-state index >= 15 is 0 Å². The molecule has 0 aromatic carbocycles. The number of rotatable bonds is 2. The van der Waals surface area contributed by atoms with Crippen LogP contribution in [0.25, 0.3) is 0 Å². The first-order valence-corrected chi connectivity index (χ1v) is 6.60. The van der Waals surface area contributed by atoms with Gasteiger partial charge < -0.3 is 10.0 Å². The molecule has 1 saturated heterocycles. The first-order valence-electron chi connectivity index (χ1n) is 6.60. The highest BCUT2D eigenvalue weighted by Crippen LogP contribution is 2.21. The molecule has 3 atom stereocenters. The van der Waals surface area contributed by atoms with Crippen molar-refractivity contribution < 1.29 is 5.11 Å². The molecule has 0 radical (unpaired) electrons. The molecule has 0 aliphatic carbocycles. The van der Waals surface area contributed by atoms with E-state index in [0.29, 0.717) is 12.1 Å². The van der Waals surface area contributed by atoms with Gasteiger partial charge in [-0.05, 0) is 39.4 Å². The van der Waals surface area contributed by atoms with Crippen LogP contribution in [0.2, 0.25) is 0 Å². The summed E-state index contributed by atoms with van der Waals surface area (Å²) in [5, 5.41) is 9.48. The van der Waals surface area contributed by atoms with Crippen LogP contribution in [-0.4, -0.2) is 47.2 Å². The molecule has 1 fully saturated rings. The van der Waals surface area contributed by atoms with Crippen LogP contribution in [0.3, 0.4) is 0 Å². The summed E-state index contributed by atoms with van der Waals surface area (Å²) < 4.78 is 0. The molecule has 0 spiro atoms. The number of piperazine rings is 1. The average Bonchev–Trinajstić information content (AvgIpc) is 2.35. The van der Waals surface area contributed by atoms with Gasteiger partial charge in [0.15, 0.2) is 0 Å². The molecular weight excluding hydrogens is 226 g/mol. The second-order valence-electron chi connectivity index (χ2n) is 5.39. The SMILES string of the molecule is CC1CN(c2ccc([C@@H](C)O)cn2)CC(C)N1C. The zero-order valence-corrected chi connectivity index (χ0v) is 11.7. The summed E-state index contributed by atoms with van der Waals surface area (Å²) in [6.07, 6.45) is 1.32. The van der Waals surface area contributed by atoms with Crippen molar-refractivity contribution in [2.75, 3.05) is 25.0 Å². The minimum absolute atomic E-state index is 0.447. The van der Waals surface area contributed by atoms with E-state index in [-0.39, 0.29) is 0 Å². The van der Waals surface area contributed by atoms with Crippen LogP contribution in [0, 0.1) is 0 Å². The number of aliphatic hydroxyl groups is 1. The fourth-order valence-corrected chi connectivity index (χ4v) is 2.42. The molecule has 0 saturated carbocycles. The molecule has 0 amide bonds. The summed E-state index contributed by atoms with van der Waals surface area (Å²) in [7, 11) is 2.18. The number of hydrogen-bond acceptors (Lipinski definition) is 4. The monoisotopic (exact) mass is 249 g/mol. The van der Waals surface area contributed by atoms with E-state index in [9.17, 15) is 5.11 Å². The molecule has 1 aliphatic rings. The van der Waals surface area contributed by atoms with Gasteiger partial charge in [0.2, 0.25) is 0 Å². The van der Waals surface area contributed by atoms with Gasteiger partial charge in [-0.2, -0.15) is 0 Å². The van der Waals surface area contributed by atoms with Gasteiger partial charge >= 0.3 is 0 Å². The molecule has 2 heterocycles. The minimum atomic E-state index is -0.447. The van der Waals surface area contributed by atoms with Crippen molar-refractivity contribution in [3.63, 3.8) is 0 Å². The Hall–Kier alpha value is -1.13. The maximum atomic E-state index is 9.48. The van der Waals surface area contributed by atoms with Gasteiger partial charge in [-0.1, -0.05) is 6.07 Å². The average molecular weight is 249 g/mol. The summed E-state index contributed by atoms with van der Waals surface area (Å²) in [5.74, 6) is 1.01. The van der Waals surface area contributed by atoms with E-state index in [2.05, 4.69) is 35.7 Å². The Morgan fingerprint density at radius 1 is 1.28 bits per heavy atom. The molecule has 1 aromatic heterocycles. The normalized spacial score (nSPS) is 27.3. The van der Waals surface area contributed by atoms with Crippen molar-refractivity contribution in [3.05, 3.63) is 23.9 Å². The molecule has 2 unspecified atom stereocenters. The van der Waals surface area contributed by atoms with E-state index in [4.69, 9.17) is 0 Å². The lowest BCUT2D eigenvalue weighted by molar-refractivity contribution is 0.169. The zero-order valence-electron chi connectivity index (χ0n) is 11.7. The lowest BCUT2D eigenvalue weighted by Gasteiger charge is -2.43. The van der Waals surface area contributed by atoms with Crippen LogP contribution in [0.1, 0.15) is 32.4 Å². The first-order chi connectivity index (χ1) is 8.49. The Bertz CT molecular complexity index is 379. The molecule has 1 aromatic rings. The van der Waals surface area contributed by atoms with Gasteiger partial charge in [-0.3, -0.25) is 4.90 Å². The number of pyridine rings is 1. The third-order valence-corrected chi connectivity index (χ3v) is 3.94. The Kier molecular flexibility index (Phi) is 3.88. The fourth-order valence-electron chi connectivity index (χ4n) is 2.42. The van der Waals surface area contributed by atoms with Crippen molar-refractivity contribution in [1.29, 1.82) is 0 Å². The van der Waals surface area contributed by atoms with E-state index in [1.165, 1.54) is 0 Å². The standard InChI is InChI=1S/C14H23N3O/c1-10-8-17(9-11(2)16(10)4)14-6-5-13(7-15-14)12(3)18/h5-7,10-12,18H,8-9H2,1-4H3/t10?,11?,12-/m1/s1. The maximum absolute atomic E-state index is 9.48. The summed E-state index contributed by atoms with van der Waals surface area (Å²) in [4.78, 5) is 9.19. The van der Waals surface area contributed by atoms with Crippen LogP contribution in [-0.2, 0) is 0 Å². The van der Waals surface area contributed by atoms with E-state index in [1.807, 2.05) is 12.1 Å². The number of likely N-dealkylation sites (N-methyl/N-ethyl adjacent to an activating group) is 1. The molecule has 1 N–H and O–H groups in total. The Balaban J connectivity index is 2.12. The molecule has 2 rings (SSSR count). The van der Waals surface area contributed by atoms with E-state index < -0.39 is 6.10 Å². The molecule has 0 bridgehead atoms. The third kappa shape index (κ3) is 2.65. The van der Waals surface area contributed by atoms with Crippen LogP contribution in [0.5, 0.6) is 0 Å². The highest BCUT2D eigenvalue weighted by Gasteiger charge is 2.27. The van der Waals surface area contributed by atoms with Gasteiger partial charge in [0.05, 0.1) is 6.10 Å². The number of hydrogen-bond donors (Lipinski definition) is 1. The van der Waals surface area contributed by atoms with Crippen LogP contribution >= 0.6 is 0 Å². The second kappa shape index (κ2) is 5.24.